The van der Waals surface area contributed by atoms with Crippen LogP contribution in [0.25, 0.3) is 39.5 Å². The number of halogens is 1. The van der Waals surface area contributed by atoms with Gasteiger partial charge in [0, 0.05) is 54.9 Å². The third-order valence-electron chi connectivity index (χ3n) is 8.74. The molecule has 4 heterocycles. The predicted molar refractivity (Wildman–Crippen MR) is 178 cm³/mol. The molecule has 0 unspecified atom stereocenters. The van der Waals surface area contributed by atoms with Crippen molar-refractivity contribution < 1.29 is 8.42 Å². The van der Waals surface area contributed by atoms with E-state index >= 15 is 0 Å². The normalized spacial score (nSPS) is 16.8. The molecule has 1 aliphatic heterocycles. The summed E-state index contributed by atoms with van der Waals surface area (Å²) in [5, 5.41) is 0. The van der Waals surface area contributed by atoms with Gasteiger partial charge in [-0.3, -0.25) is 4.57 Å². The summed E-state index contributed by atoms with van der Waals surface area (Å²) in [5.41, 5.74) is 19.7. The van der Waals surface area contributed by atoms with Crippen LogP contribution in [0, 0.1) is 0 Å². The number of anilines is 2. The second kappa shape index (κ2) is 11.5. The van der Waals surface area contributed by atoms with Crippen LogP contribution in [0.1, 0.15) is 24.8 Å². The molecule has 0 spiro atoms. The quantitative estimate of drug-likeness (QED) is 0.278. The van der Waals surface area contributed by atoms with E-state index < -0.39 is 10.0 Å². The lowest BCUT2D eigenvalue weighted by molar-refractivity contribution is 0.253. The standard InChI is InChI=1S/C32H34N8O2S.ClH/c1-43(41,42)39-19-17-38(18-20-39)25-6-2-5-22(21-25)27-12-13-28-31(36-27)40(30(37-28)26-7-3-16-35-29(26)33)24-10-8-23(9-11-24)32(34)14-4-15-32;/h2-3,5-13,16,21H,4,14-15,17-20,34H2,1H3,(H2,33,35);1H. The van der Waals surface area contributed by atoms with E-state index in [0.29, 0.717) is 43.5 Å². The van der Waals surface area contributed by atoms with E-state index in [1.807, 2.05) is 41.0 Å². The number of piperazine rings is 1. The molecular weight excluding hydrogens is 596 g/mol. The lowest BCUT2D eigenvalue weighted by Crippen LogP contribution is -2.48. The lowest BCUT2D eigenvalue weighted by atomic mass is 9.73. The molecule has 1 saturated heterocycles. The molecule has 2 aliphatic rings. The van der Waals surface area contributed by atoms with Crippen LogP contribution in [-0.2, 0) is 15.6 Å². The van der Waals surface area contributed by atoms with Crippen molar-refractivity contribution in [2.75, 3.05) is 43.1 Å². The summed E-state index contributed by atoms with van der Waals surface area (Å²) in [6.45, 7) is 2.20. The van der Waals surface area contributed by atoms with E-state index in [1.165, 1.54) is 10.6 Å². The molecule has 2 fully saturated rings. The molecule has 228 valence electrons. The molecule has 0 radical (unpaired) electrons. The highest BCUT2D eigenvalue weighted by Crippen LogP contribution is 2.39. The second-order valence-corrected chi connectivity index (χ2v) is 13.5. The Morgan fingerprint density at radius 1 is 0.864 bits per heavy atom. The third kappa shape index (κ3) is 5.41. The van der Waals surface area contributed by atoms with E-state index in [-0.39, 0.29) is 17.9 Å². The summed E-state index contributed by atoms with van der Waals surface area (Å²) in [5.74, 6) is 1.07. The average Bonchev–Trinajstić information content (AvgIpc) is 3.38. The first-order valence-electron chi connectivity index (χ1n) is 14.5. The van der Waals surface area contributed by atoms with E-state index in [0.717, 1.165) is 58.5 Å². The topological polar surface area (TPSA) is 136 Å². The number of nitrogens with two attached hydrogens (primary N) is 2. The van der Waals surface area contributed by atoms with Gasteiger partial charge in [-0.2, -0.15) is 4.31 Å². The Kier molecular flexibility index (Phi) is 7.83. The first-order chi connectivity index (χ1) is 20.7. The van der Waals surface area contributed by atoms with E-state index in [2.05, 4.69) is 46.3 Å². The van der Waals surface area contributed by atoms with Crippen LogP contribution in [0.2, 0.25) is 0 Å². The smallest absolute Gasteiger partial charge is 0.211 e. The van der Waals surface area contributed by atoms with Gasteiger partial charge in [-0.25, -0.2) is 23.4 Å². The molecule has 2 aromatic carbocycles. The number of nitrogen functional groups attached to an aromatic ring is 1. The molecule has 3 aromatic heterocycles. The van der Waals surface area contributed by atoms with Crippen LogP contribution in [0.5, 0.6) is 0 Å². The van der Waals surface area contributed by atoms with Gasteiger partial charge in [0.2, 0.25) is 10.0 Å². The minimum absolute atomic E-state index is 0. The minimum atomic E-state index is -3.19. The number of hydrogen-bond donors (Lipinski definition) is 2. The van der Waals surface area contributed by atoms with Crippen molar-refractivity contribution in [3.63, 3.8) is 0 Å². The van der Waals surface area contributed by atoms with Gasteiger partial charge in [0.15, 0.2) is 11.5 Å². The fourth-order valence-electron chi connectivity index (χ4n) is 6.08. The Bertz CT molecular complexity index is 1930. The molecule has 44 heavy (non-hydrogen) atoms. The number of nitrogens with zero attached hydrogens (tertiary/aromatic N) is 6. The van der Waals surface area contributed by atoms with Crippen molar-refractivity contribution in [3.8, 4) is 28.3 Å². The van der Waals surface area contributed by atoms with Crippen LogP contribution in [0.15, 0.2) is 79.0 Å². The largest absolute Gasteiger partial charge is 0.383 e. The number of hydrogen-bond acceptors (Lipinski definition) is 8. The van der Waals surface area contributed by atoms with Gasteiger partial charge >= 0.3 is 0 Å². The van der Waals surface area contributed by atoms with Gasteiger partial charge in [-0.1, -0.05) is 24.3 Å². The highest BCUT2D eigenvalue weighted by atomic mass is 35.5. The Morgan fingerprint density at radius 2 is 1.61 bits per heavy atom. The second-order valence-electron chi connectivity index (χ2n) is 11.5. The summed E-state index contributed by atoms with van der Waals surface area (Å²) in [7, 11) is -3.19. The Morgan fingerprint density at radius 3 is 2.27 bits per heavy atom. The molecule has 5 aromatic rings. The van der Waals surface area contributed by atoms with Crippen LogP contribution in [0.4, 0.5) is 11.5 Å². The maximum Gasteiger partial charge on any atom is 0.211 e. The number of aromatic nitrogens is 4. The van der Waals surface area contributed by atoms with Crippen LogP contribution >= 0.6 is 12.4 Å². The molecular formula is C32H35ClN8O2S. The molecule has 10 nitrogen and oxygen atoms in total. The molecule has 1 saturated carbocycles. The van der Waals surface area contributed by atoms with Crippen LogP contribution in [0.3, 0.4) is 0 Å². The number of rotatable bonds is 6. The summed E-state index contributed by atoms with van der Waals surface area (Å²) in [6, 6.07) is 24.3. The lowest BCUT2D eigenvalue weighted by Gasteiger charge is -2.38. The van der Waals surface area contributed by atoms with Crippen molar-refractivity contribution in [2.24, 2.45) is 5.73 Å². The Hall–Kier alpha value is -4.03. The Balaban J connectivity index is 0.00000343. The van der Waals surface area contributed by atoms with Crippen molar-refractivity contribution in [1.29, 1.82) is 0 Å². The van der Waals surface area contributed by atoms with Gasteiger partial charge in [-0.15, -0.1) is 12.4 Å². The van der Waals surface area contributed by atoms with Gasteiger partial charge in [0.1, 0.15) is 11.3 Å². The SMILES string of the molecule is CS(=O)(=O)N1CCN(c2cccc(-c3ccc4nc(-c5cccnc5N)n(-c5ccc(C6(N)CCC6)cc5)c4n3)c2)CC1.Cl. The first kappa shape index (κ1) is 30.0. The van der Waals surface area contributed by atoms with Crippen molar-refractivity contribution >= 4 is 45.1 Å². The minimum Gasteiger partial charge on any atom is -0.383 e. The number of sulfonamides is 1. The van der Waals surface area contributed by atoms with E-state index in [4.69, 9.17) is 21.4 Å². The predicted octanol–water partition coefficient (Wildman–Crippen LogP) is 4.57. The zero-order valence-corrected chi connectivity index (χ0v) is 26.1. The van der Waals surface area contributed by atoms with Gasteiger partial charge < -0.3 is 16.4 Å². The van der Waals surface area contributed by atoms with E-state index in [1.54, 1.807) is 6.20 Å². The fourth-order valence-corrected chi connectivity index (χ4v) is 6.91. The first-order valence-corrected chi connectivity index (χ1v) is 16.4. The fraction of sp³-hybridized carbons (Fsp3) is 0.281. The number of imidazole rings is 1. The maximum absolute atomic E-state index is 12.0. The zero-order chi connectivity index (χ0) is 29.8. The highest BCUT2D eigenvalue weighted by Gasteiger charge is 2.34. The van der Waals surface area contributed by atoms with Crippen LogP contribution < -0.4 is 16.4 Å². The highest BCUT2D eigenvalue weighted by molar-refractivity contribution is 7.88. The molecule has 4 N–H and O–H groups in total. The summed E-state index contributed by atoms with van der Waals surface area (Å²) in [4.78, 5) is 16.6. The number of pyridine rings is 2. The monoisotopic (exact) mass is 630 g/mol. The molecule has 0 bridgehead atoms. The number of fused-ring (bicyclic) bond motifs is 1. The summed E-state index contributed by atoms with van der Waals surface area (Å²) in [6.07, 6.45) is 6.08. The Labute approximate surface area is 263 Å². The molecule has 7 rings (SSSR count). The van der Waals surface area contributed by atoms with E-state index in [9.17, 15) is 8.42 Å². The average molecular weight is 631 g/mol. The van der Waals surface area contributed by atoms with Crippen molar-refractivity contribution in [3.05, 3.63) is 84.6 Å². The molecule has 1 aliphatic carbocycles. The third-order valence-corrected chi connectivity index (χ3v) is 10.0. The maximum atomic E-state index is 12.0. The van der Waals surface area contributed by atoms with Crippen molar-refractivity contribution in [2.45, 2.75) is 24.8 Å². The molecule has 0 amide bonds. The number of benzene rings is 2. The van der Waals surface area contributed by atoms with Gasteiger partial charge in [-0.05, 0) is 73.4 Å². The van der Waals surface area contributed by atoms with Gasteiger partial charge in [0.05, 0.1) is 17.5 Å². The van der Waals surface area contributed by atoms with Crippen molar-refractivity contribution in [1.82, 2.24) is 23.8 Å². The summed E-state index contributed by atoms with van der Waals surface area (Å²) < 4.78 is 27.5. The van der Waals surface area contributed by atoms with Crippen LogP contribution in [-0.4, -0.2) is 64.7 Å². The summed E-state index contributed by atoms with van der Waals surface area (Å²) >= 11 is 0. The zero-order valence-electron chi connectivity index (χ0n) is 24.4. The molecule has 12 heteroatoms. The van der Waals surface area contributed by atoms with Gasteiger partial charge in [0.25, 0.3) is 0 Å². The molecule has 0 atom stereocenters.